The van der Waals surface area contributed by atoms with E-state index in [-0.39, 0.29) is 0 Å². The number of nitrogens with one attached hydrogen (secondary N) is 1. The minimum Gasteiger partial charge on any atom is -0.370 e. The minimum atomic E-state index is 0.350. The van der Waals surface area contributed by atoms with Gasteiger partial charge in [-0.05, 0) is 30.7 Å². The summed E-state index contributed by atoms with van der Waals surface area (Å²) in [5, 5.41) is 4.45. The summed E-state index contributed by atoms with van der Waals surface area (Å²) >= 11 is 12.2. The average molecular weight is 311 g/mol. The van der Waals surface area contributed by atoms with E-state index in [9.17, 15) is 0 Å². The van der Waals surface area contributed by atoms with E-state index < -0.39 is 0 Å². The number of hydrogen-bond donors (Lipinski definition) is 1. The Morgan fingerprint density at radius 2 is 1.85 bits per heavy atom. The Balaban J connectivity index is 1.97. The fraction of sp³-hybridized carbons (Fsp3) is 0.267. The molecule has 1 N–H and O–H groups in total. The number of halogens is 2. The van der Waals surface area contributed by atoms with Crippen LogP contribution >= 0.6 is 23.2 Å². The topological polar surface area (TPSA) is 34.1 Å². The van der Waals surface area contributed by atoms with E-state index in [1.54, 1.807) is 0 Å². The third-order valence-corrected chi connectivity index (χ3v) is 3.44. The summed E-state index contributed by atoms with van der Waals surface area (Å²) in [5.74, 6) is 0.799. The van der Waals surface area contributed by atoms with Gasteiger partial charge in [0.15, 0.2) is 0 Å². The van der Waals surface area contributed by atoms with Crippen LogP contribution in [-0.2, 0) is 18.0 Å². The molecular formula is C15H16Cl2N2O. The van der Waals surface area contributed by atoms with Crippen LogP contribution in [0.3, 0.4) is 0 Å². The number of hydrogen-bond acceptors (Lipinski definition) is 3. The van der Waals surface area contributed by atoms with E-state index >= 15 is 0 Å². The molecule has 0 unspecified atom stereocenters. The fourth-order valence-corrected chi connectivity index (χ4v) is 2.09. The Hall–Kier alpha value is -1.29. The van der Waals surface area contributed by atoms with Crippen molar-refractivity contribution in [1.29, 1.82) is 0 Å². The summed E-state index contributed by atoms with van der Waals surface area (Å²) in [7, 11) is 0. The van der Waals surface area contributed by atoms with Crippen LogP contribution in [0.2, 0.25) is 10.0 Å². The van der Waals surface area contributed by atoms with Crippen LogP contribution in [0.1, 0.15) is 18.2 Å². The zero-order valence-electron chi connectivity index (χ0n) is 11.2. The second kappa shape index (κ2) is 7.48. The van der Waals surface area contributed by atoms with Gasteiger partial charge in [0.25, 0.3) is 0 Å². The van der Waals surface area contributed by atoms with Crippen molar-refractivity contribution < 1.29 is 4.74 Å². The first-order valence-electron chi connectivity index (χ1n) is 6.41. The number of aromatic nitrogens is 1. The Morgan fingerprint density at radius 3 is 2.60 bits per heavy atom. The van der Waals surface area contributed by atoms with E-state index in [4.69, 9.17) is 27.9 Å². The predicted octanol–water partition coefficient (Wildman–Crippen LogP) is 4.54. The highest BCUT2D eigenvalue weighted by Gasteiger charge is 2.05. The molecule has 1 aromatic heterocycles. The highest BCUT2D eigenvalue weighted by Crippen LogP contribution is 2.20. The maximum Gasteiger partial charge on any atom is 0.126 e. The zero-order valence-corrected chi connectivity index (χ0v) is 12.7. The van der Waals surface area contributed by atoms with Crippen molar-refractivity contribution in [2.24, 2.45) is 0 Å². The van der Waals surface area contributed by atoms with Gasteiger partial charge in [-0.25, -0.2) is 4.98 Å². The van der Waals surface area contributed by atoms with Gasteiger partial charge in [-0.3, -0.25) is 0 Å². The van der Waals surface area contributed by atoms with E-state index in [1.807, 2.05) is 43.3 Å². The highest BCUT2D eigenvalue weighted by molar-refractivity contribution is 6.31. The van der Waals surface area contributed by atoms with Gasteiger partial charge in [0.2, 0.25) is 0 Å². The maximum atomic E-state index is 6.11. The number of ether oxygens (including phenoxy) is 1. The highest BCUT2D eigenvalue weighted by atomic mass is 35.5. The molecule has 0 radical (unpaired) electrons. The van der Waals surface area contributed by atoms with E-state index in [2.05, 4.69) is 10.3 Å². The number of rotatable bonds is 6. The summed E-state index contributed by atoms with van der Waals surface area (Å²) in [4.78, 5) is 4.41. The molecule has 0 spiro atoms. The number of nitrogens with zero attached hydrogens (tertiary/aromatic N) is 1. The van der Waals surface area contributed by atoms with Gasteiger partial charge in [0, 0.05) is 11.6 Å². The van der Waals surface area contributed by atoms with Gasteiger partial charge in [0.05, 0.1) is 23.9 Å². The molecule has 0 amide bonds. The van der Waals surface area contributed by atoms with E-state index in [1.165, 1.54) is 0 Å². The van der Waals surface area contributed by atoms with Crippen LogP contribution in [0.5, 0.6) is 0 Å². The molecule has 2 rings (SSSR count). The molecule has 0 saturated carbocycles. The van der Waals surface area contributed by atoms with Crippen LogP contribution in [0.15, 0.2) is 36.4 Å². The molecular weight excluding hydrogens is 295 g/mol. The molecule has 0 aliphatic carbocycles. The van der Waals surface area contributed by atoms with Crippen molar-refractivity contribution in [3.05, 3.63) is 57.7 Å². The lowest BCUT2D eigenvalue weighted by atomic mass is 10.2. The SMILES string of the molecule is CCNc1ccc(Cl)c(COCc2ccccc2Cl)n1. The predicted molar refractivity (Wildman–Crippen MR) is 83.4 cm³/mol. The lowest BCUT2D eigenvalue weighted by molar-refractivity contribution is 0.105. The van der Waals surface area contributed by atoms with Gasteiger partial charge in [0.1, 0.15) is 5.82 Å². The van der Waals surface area contributed by atoms with Gasteiger partial charge in [-0.2, -0.15) is 0 Å². The summed E-state index contributed by atoms with van der Waals surface area (Å²) in [6.45, 7) is 3.62. The molecule has 1 heterocycles. The molecule has 3 nitrogen and oxygen atoms in total. The van der Waals surface area contributed by atoms with Crippen LogP contribution in [0, 0.1) is 0 Å². The normalized spacial score (nSPS) is 10.6. The van der Waals surface area contributed by atoms with Crippen LogP contribution in [0.4, 0.5) is 5.82 Å². The monoisotopic (exact) mass is 310 g/mol. The summed E-state index contributed by atoms with van der Waals surface area (Å²) in [5.41, 5.74) is 1.67. The Morgan fingerprint density at radius 1 is 1.05 bits per heavy atom. The van der Waals surface area contributed by atoms with Gasteiger partial charge >= 0.3 is 0 Å². The fourth-order valence-electron chi connectivity index (χ4n) is 1.74. The van der Waals surface area contributed by atoms with Gasteiger partial charge < -0.3 is 10.1 Å². The first kappa shape index (κ1) is 15.1. The van der Waals surface area contributed by atoms with E-state index in [0.717, 1.165) is 23.6 Å². The summed E-state index contributed by atoms with van der Waals surface area (Å²) in [6, 6.07) is 11.3. The molecule has 2 aromatic rings. The number of pyridine rings is 1. The van der Waals surface area contributed by atoms with Gasteiger partial charge in [-0.1, -0.05) is 41.4 Å². The lowest BCUT2D eigenvalue weighted by Crippen LogP contribution is -2.03. The molecule has 5 heteroatoms. The quantitative estimate of drug-likeness (QED) is 0.850. The zero-order chi connectivity index (χ0) is 14.4. The Kier molecular flexibility index (Phi) is 5.65. The summed E-state index contributed by atoms with van der Waals surface area (Å²) < 4.78 is 5.64. The van der Waals surface area contributed by atoms with Crippen molar-refractivity contribution in [3.8, 4) is 0 Å². The lowest BCUT2D eigenvalue weighted by Gasteiger charge is -2.09. The molecule has 106 valence electrons. The molecule has 1 aromatic carbocycles. The molecule has 0 aliphatic rings. The third-order valence-electron chi connectivity index (χ3n) is 2.73. The Bertz CT molecular complexity index is 576. The number of benzene rings is 1. The van der Waals surface area contributed by atoms with Crippen molar-refractivity contribution in [2.75, 3.05) is 11.9 Å². The first-order valence-corrected chi connectivity index (χ1v) is 7.16. The van der Waals surface area contributed by atoms with Crippen LogP contribution in [0.25, 0.3) is 0 Å². The molecule has 0 atom stereocenters. The van der Waals surface area contributed by atoms with Crippen molar-refractivity contribution in [3.63, 3.8) is 0 Å². The average Bonchev–Trinajstić information content (AvgIpc) is 2.44. The van der Waals surface area contributed by atoms with Crippen molar-refractivity contribution in [2.45, 2.75) is 20.1 Å². The summed E-state index contributed by atoms with van der Waals surface area (Å²) in [6.07, 6.45) is 0. The molecule has 0 bridgehead atoms. The smallest absolute Gasteiger partial charge is 0.126 e. The maximum absolute atomic E-state index is 6.11. The largest absolute Gasteiger partial charge is 0.370 e. The number of anilines is 1. The Labute approximate surface area is 128 Å². The third kappa shape index (κ3) is 4.10. The first-order chi connectivity index (χ1) is 9.70. The van der Waals surface area contributed by atoms with Crippen LogP contribution in [-0.4, -0.2) is 11.5 Å². The molecule has 20 heavy (non-hydrogen) atoms. The molecule has 0 aliphatic heterocycles. The van der Waals surface area contributed by atoms with Crippen molar-refractivity contribution in [1.82, 2.24) is 4.98 Å². The molecule has 0 saturated heterocycles. The minimum absolute atomic E-state index is 0.350. The molecule has 0 fully saturated rings. The second-order valence-electron chi connectivity index (χ2n) is 4.24. The van der Waals surface area contributed by atoms with Gasteiger partial charge in [-0.15, -0.1) is 0 Å². The standard InChI is InChI=1S/C15H16Cl2N2O/c1-2-18-15-8-7-13(17)14(19-15)10-20-9-11-5-3-4-6-12(11)16/h3-8H,2,9-10H2,1H3,(H,18,19). The van der Waals surface area contributed by atoms with Crippen LogP contribution < -0.4 is 5.32 Å². The van der Waals surface area contributed by atoms with Crippen molar-refractivity contribution >= 4 is 29.0 Å². The van der Waals surface area contributed by atoms with E-state index in [0.29, 0.717) is 23.3 Å². The second-order valence-corrected chi connectivity index (χ2v) is 5.05.